The topological polar surface area (TPSA) is 119 Å². The average molecular weight is 493 g/mol. The standard InChI is InChI=1S/C28H19N3O6/c32-26-25(27(33)30(28(34)29-26)21-8-4-9-22(16-21)31(35)36)15-18-11-13-23(14-12-18)37-17-20-7-3-6-19-5-1-2-10-24(19)20/h1-16H,17H2,(H,29,32,34)/b25-15+. The van der Waals surface area contributed by atoms with Crippen molar-refractivity contribution in [2.75, 3.05) is 4.90 Å². The van der Waals surface area contributed by atoms with Crippen LogP contribution in [0.2, 0.25) is 0 Å². The van der Waals surface area contributed by atoms with Gasteiger partial charge < -0.3 is 4.74 Å². The number of fused-ring (bicyclic) bond motifs is 1. The molecule has 182 valence electrons. The second kappa shape index (κ2) is 9.74. The summed E-state index contributed by atoms with van der Waals surface area (Å²) in [6, 6.07) is 24.9. The van der Waals surface area contributed by atoms with E-state index in [1.165, 1.54) is 24.3 Å². The minimum atomic E-state index is -0.982. The van der Waals surface area contributed by atoms with E-state index < -0.39 is 22.8 Å². The summed E-state index contributed by atoms with van der Waals surface area (Å²) < 4.78 is 5.93. The largest absolute Gasteiger partial charge is 0.489 e. The first-order chi connectivity index (χ1) is 17.9. The number of hydrogen-bond acceptors (Lipinski definition) is 6. The molecule has 4 amide bonds. The second-order valence-corrected chi connectivity index (χ2v) is 8.23. The predicted molar refractivity (Wildman–Crippen MR) is 137 cm³/mol. The summed E-state index contributed by atoms with van der Waals surface area (Å²) in [5, 5.41) is 15.4. The maximum atomic E-state index is 13.0. The van der Waals surface area contributed by atoms with Crippen LogP contribution in [0.25, 0.3) is 16.8 Å². The van der Waals surface area contributed by atoms with Crippen LogP contribution in [0, 0.1) is 10.1 Å². The molecule has 0 unspecified atom stereocenters. The van der Waals surface area contributed by atoms with Crippen LogP contribution in [0.1, 0.15) is 11.1 Å². The Kier molecular flexibility index (Phi) is 6.17. The van der Waals surface area contributed by atoms with Crippen molar-refractivity contribution in [1.82, 2.24) is 5.32 Å². The van der Waals surface area contributed by atoms with Crippen LogP contribution in [0.4, 0.5) is 16.2 Å². The number of barbiturate groups is 1. The number of anilines is 1. The fourth-order valence-electron chi connectivity index (χ4n) is 4.04. The number of carbonyl (C=O) groups is 3. The lowest BCUT2D eigenvalue weighted by atomic mass is 10.1. The number of hydrogen-bond donors (Lipinski definition) is 1. The first kappa shape index (κ1) is 23.4. The van der Waals surface area contributed by atoms with Crippen molar-refractivity contribution in [2.45, 2.75) is 6.61 Å². The normalized spacial score (nSPS) is 14.6. The molecule has 37 heavy (non-hydrogen) atoms. The van der Waals surface area contributed by atoms with E-state index in [2.05, 4.69) is 5.32 Å². The van der Waals surface area contributed by atoms with Gasteiger partial charge in [0.25, 0.3) is 17.5 Å². The summed E-state index contributed by atoms with van der Waals surface area (Å²) in [7, 11) is 0. The zero-order valence-corrected chi connectivity index (χ0v) is 19.3. The molecule has 5 rings (SSSR count). The number of nitrogens with one attached hydrogen (secondary N) is 1. The Balaban J connectivity index is 1.35. The molecule has 0 radical (unpaired) electrons. The van der Waals surface area contributed by atoms with Gasteiger partial charge in [0.15, 0.2) is 0 Å². The highest BCUT2D eigenvalue weighted by atomic mass is 16.6. The Morgan fingerprint density at radius 2 is 1.62 bits per heavy atom. The zero-order valence-electron chi connectivity index (χ0n) is 19.3. The molecule has 4 aromatic carbocycles. The van der Waals surface area contributed by atoms with Gasteiger partial charge >= 0.3 is 6.03 Å². The molecule has 9 heteroatoms. The summed E-state index contributed by atoms with van der Waals surface area (Å²) in [6.07, 6.45) is 1.35. The van der Waals surface area contributed by atoms with E-state index in [1.807, 2.05) is 42.5 Å². The molecule has 0 aromatic heterocycles. The van der Waals surface area contributed by atoms with E-state index in [1.54, 1.807) is 24.3 Å². The molecule has 0 spiro atoms. The van der Waals surface area contributed by atoms with Crippen LogP contribution in [-0.2, 0) is 16.2 Å². The zero-order chi connectivity index (χ0) is 25.9. The minimum absolute atomic E-state index is 0.0210. The van der Waals surface area contributed by atoms with Gasteiger partial charge in [-0.2, -0.15) is 0 Å². The molecule has 1 saturated heterocycles. The maximum absolute atomic E-state index is 13.0. The molecular weight excluding hydrogens is 474 g/mol. The van der Waals surface area contributed by atoms with Gasteiger partial charge in [-0.05, 0) is 46.2 Å². The first-order valence-electron chi connectivity index (χ1n) is 11.3. The van der Waals surface area contributed by atoms with Crippen LogP contribution in [0.15, 0.2) is 96.6 Å². The molecule has 1 aliphatic heterocycles. The van der Waals surface area contributed by atoms with E-state index in [0.717, 1.165) is 22.4 Å². The van der Waals surface area contributed by atoms with Crippen molar-refractivity contribution in [3.05, 3.63) is 118 Å². The van der Waals surface area contributed by atoms with E-state index in [0.29, 0.717) is 22.8 Å². The number of amides is 4. The Bertz CT molecular complexity index is 1590. The van der Waals surface area contributed by atoms with Crippen LogP contribution in [-0.4, -0.2) is 22.8 Å². The van der Waals surface area contributed by atoms with Crippen LogP contribution in [0.3, 0.4) is 0 Å². The van der Waals surface area contributed by atoms with Gasteiger partial charge in [0.2, 0.25) is 0 Å². The van der Waals surface area contributed by atoms with Crippen molar-refractivity contribution in [2.24, 2.45) is 0 Å². The predicted octanol–water partition coefficient (Wildman–Crippen LogP) is 4.99. The molecule has 0 atom stereocenters. The fourth-order valence-corrected chi connectivity index (χ4v) is 4.04. The maximum Gasteiger partial charge on any atom is 0.335 e. The lowest BCUT2D eigenvalue weighted by Gasteiger charge is -2.26. The molecule has 9 nitrogen and oxygen atoms in total. The number of rotatable bonds is 6. The summed E-state index contributed by atoms with van der Waals surface area (Å²) >= 11 is 0. The Labute approximate surface area is 210 Å². The lowest BCUT2D eigenvalue weighted by Crippen LogP contribution is -2.54. The van der Waals surface area contributed by atoms with Crippen molar-refractivity contribution in [1.29, 1.82) is 0 Å². The van der Waals surface area contributed by atoms with Crippen molar-refractivity contribution in [3.8, 4) is 5.75 Å². The fraction of sp³-hybridized carbons (Fsp3) is 0.0357. The number of nitro benzene ring substituents is 1. The molecule has 0 saturated carbocycles. The van der Waals surface area contributed by atoms with Gasteiger partial charge in [0.1, 0.15) is 17.9 Å². The Morgan fingerprint density at radius 1 is 0.892 bits per heavy atom. The molecule has 1 N–H and O–H groups in total. The van der Waals surface area contributed by atoms with E-state index >= 15 is 0 Å². The molecule has 0 aliphatic carbocycles. The van der Waals surface area contributed by atoms with Crippen LogP contribution in [0.5, 0.6) is 5.75 Å². The van der Waals surface area contributed by atoms with E-state index in [9.17, 15) is 24.5 Å². The van der Waals surface area contributed by atoms with Gasteiger partial charge in [-0.1, -0.05) is 60.7 Å². The molecule has 4 aromatic rings. The number of urea groups is 1. The number of non-ortho nitro benzene ring substituents is 1. The van der Waals surface area contributed by atoms with Crippen molar-refractivity contribution >= 4 is 46.1 Å². The van der Waals surface area contributed by atoms with Gasteiger partial charge in [0.05, 0.1) is 10.6 Å². The number of carbonyl (C=O) groups excluding carboxylic acids is 3. The quantitative estimate of drug-likeness (QED) is 0.175. The molecule has 0 bridgehead atoms. The Hall–Kier alpha value is -5.31. The number of ether oxygens (including phenoxy) is 1. The smallest absolute Gasteiger partial charge is 0.335 e. The SMILES string of the molecule is O=C1NC(=O)N(c2cccc([N+](=O)[O-])c2)C(=O)/C1=C/c1ccc(OCc2cccc3ccccc23)cc1. The highest BCUT2D eigenvalue weighted by molar-refractivity contribution is 6.39. The van der Waals surface area contributed by atoms with Crippen molar-refractivity contribution < 1.29 is 24.0 Å². The molecule has 1 aliphatic rings. The second-order valence-electron chi connectivity index (χ2n) is 8.23. The number of benzene rings is 4. The van der Waals surface area contributed by atoms with Crippen LogP contribution >= 0.6 is 0 Å². The molecule has 1 fully saturated rings. The number of imide groups is 2. The van der Waals surface area contributed by atoms with Gasteiger partial charge in [0, 0.05) is 12.1 Å². The summed E-state index contributed by atoms with van der Waals surface area (Å²) in [5.41, 5.74) is 0.978. The van der Waals surface area contributed by atoms with Gasteiger partial charge in [-0.15, -0.1) is 0 Å². The van der Waals surface area contributed by atoms with Gasteiger partial charge in [-0.25, -0.2) is 9.69 Å². The van der Waals surface area contributed by atoms with Crippen molar-refractivity contribution in [3.63, 3.8) is 0 Å². The van der Waals surface area contributed by atoms with E-state index in [-0.39, 0.29) is 16.9 Å². The highest BCUT2D eigenvalue weighted by Gasteiger charge is 2.37. The third-order valence-corrected chi connectivity index (χ3v) is 5.87. The van der Waals surface area contributed by atoms with Crippen LogP contribution < -0.4 is 15.0 Å². The Morgan fingerprint density at radius 3 is 2.41 bits per heavy atom. The minimum Gasteiger partial charge on any atom is -0.489 e. The van der Waals surface area contributed by atoms with E-state index in [4.69, 9.17) is 4.74 Å². The average Bonchev–Trinajstić information content (AvgIpc) is 2.90. The lowest BCUT2D eigenvalue weighted by molar-refractivity contribution is -0.384. The van der Waals surface area contributed by atoms with Gasteiger partial charge in [-0.3, -0.25) is 25.0 Å². The first-order valence-corrected chi connectivity index (χ1v) is 11.3. The highest BCUT2D eigenvalue weighted by Crippen LogP contribution is 2.26. The third kappa shape index (κ3) is 4.78. The number of nitrogens with zero attached hydrogens (tertiary/aromatic N) is 2. The monoisotopic (exact) mass is 493 g/mol. The number of nitro groups is 1. The summed E-state index contributed by atoms with van der Waals surface area (Å²) in [6.45, 7) is 0.364. The third-order valence-electron chi connectivity index (χ3n) is 5.87. The molecular formula is C28H19N3O6. The molecule has 1 heterocycles. The summed E-state index contributed by atoms with van der Waals surface area (Å²) in [5.74, 6) is -1.14. The summed E-state index contributed by atoms with van der Waals surface area (Å²) in [4.78, 5) is 49.0.